The number of hydrogen-bond acceptors (Lipinski definition) is 4. The number of hydrogen-bond donors (Lipinski definition) is 3. The van der Waals surface area contributed by atoms with Gasteiger partial charge >= 0.3 is 0 Å². The van der Waals surface area contributed by atoms with Crippen molar-refractivity contribution in [3.63, 3.8) is 0 Å². The van der Waals surface area contributed by atoms with Crippen LogP contribution in [0.4, 0.5) is 0 Å². The van der Waals surface area contributed by atoms with Crippen molar-refractivity contribution in [3.05, 3.63) is 51.2 Å². The van der Waals surface area contributed by atoms with Gasteiger partial charge in [-0.05, 0) is 29.8 Å². The number of carbonyl (C=O) groups is 1. The summed E-state index contributed by atoms with van der Waals surface area (Å²) in [6.45, 7) is 0.133. The number of phenols is 1. The highest BCUT2D eigenvalue weighted by Crippen LogP contribution is 2.26. The van der Waals surface area contributed by atoms with Crippen molar-refractivity contribution in [2.24, 2.45) is 0 Å². The molecule has 20 heavy (non-hydrogen) atoms. The zero-order chi connectivity index (χ0) is 14.5. The first-order chi connectivity index (χ1) is 9.54. The number of thiophene rings is 1. The van der Waals surface area contributed by atoms with E-state index in [-0.39, 0.29) is 24.6 Å². The minimum Gasteiger partial charge on any atom is -0.508 e. The molecule has 1 aromatic carbocycles. The van der Waals surface area contributed by atoms with E-state index >= 15 is 0 Å². The molecule has 4 nitrogen and oxygen atoms in total. The number of nitrogens with one attached hydrogen (secondary N) is 1. The van der Waals surface area contributed by atoms with E-state index in [0.29, 0.717) is 9.21 Å². The summed E-state index contributed by atoms with van der Waals surface area (Å²) in [5.74, 6) is -0.0825. The van der Waals surface area contributed by atoms with Gasteiger partial charge in [-0.25, -0.2) is 0 Å². The number of aromatic hydroxyl groups is 1. The fourth-order valence-electron chi connectivity index (χ4n) is 1.73. The lowest BCUT2D eigenvalue weighted by atomic mass is 10.1. The summed E-state index contributed by atoms with van der Waals surface area (Å²) < 4.78 is 0.602. The molecule has 0 saturated carbocycles. The van der Waals surface area contributed by atoms with Crippen LogP contribution < -0.4 is 5.32 Å². The molecule has 1 atom stereocenters. The summed E-state index contributed by atoms with van der Waals surface area (Å²) in [5, 5.41) is 21.9. The number of halogens is 1. The van der Waals surface area contributed by atoms with Crippen LogP contribution in [-0.4, -0.2) is 22.7 Å². The largest absolute Gasteiger partial charge is 0.508 e. The van der Waals surface area contributed by atoms with Gasteiger partial charge in [-0.3, -0.25) is 4.79 Å². The zero-order valence-electron chi connectivity index (χ0n) is 10.5. The smallest absolute Gasteiger partial charge is 0.224 e. The van der Waals surface area contributed by atoms with E-state index in [9.17, 15) is 15.0 Å². The lowest BCUT2D eigenvalue weighted by Crippen LogP contribution is -2.29. The highest BCUT2D eigenvalue weighted by atomic mass is 35.5. The van der Waals surface area contributed by atoms with E-state index in [1.165, 1.54) is 17.4 Å². The summed E-state index contributed by atoms with van der Waals surface area (Å²) in [4.78, 5) is 12.5. The molecule has 0 aliphatic rings. The normalized spacial score (nSPS) is 12.1. The van der Waals surface area contributed by atoms with E-state index in [1.54, 1.807) is 30.3 Å². The maximum absolute atomic E-state index is 11.7. The summed E-state index contributed by atoms with van der Waals surface area (Å²) in [5.41, 5.74) is 0.719. The van der Waals surface area contributed by atoms with Crippen LogP contribution in [0, 0.1) is 0 Å². The van der Waals surface area contributed by atoms with Gasteiger partial charge in [0.2, 0.25) is 5.91 Å². The summed E-state index contributed by atoms with van der Waals surface area (Å²) in [6, 6.07) is 9.97. The Balaban J connectivity index is 1.83. The van der Waals surface area contributed by atoms with E-state index in [4.69, 9.17) is 11.6 Å². The second-order valence-electron chi connectivity index (χ2n) is 4.31. The minimum absolute atomic E-state index is 0.128. The Labute approximate surface area is 125 Å². The van der Waals surface area contributed by atoms with E-state index in [1.807, 2.05) is 0 Å². The van der Waals surface area contributed by atoms with E-state index < -0.39 is 6.10 Å². The van der Waals surface area contributed by atoms with Crippen molar-refractivity contribution in [1.82, 2.24) is 5.32 Å². The minimum atomic E-state index is -0.763. The molecule has 106 valence electrons. The second kappa shape index (κ2) is 6.74. The average molecular weight is 312 g/mol. The third kappa shape index (κ3) is 4.23. The van der Waals surface area contributed by atoms with Crippen LogP contribution in [0.25, 0.3) is 0 Å². The van der Waals surface area contributed by atoms with Crippen LogP contribution >= 0.6 is 22.9 Å². The maximum Gasteiger partial charge on any atom is 0.224 e. The predicted molar refractivity (Wildman–Crippen MR) is 79.1 cm³/mol. The van der Waals surface area contributed by atoms with Gasteiger partial charge in [-0.1, -0.05) is 23.7 Å². The van der Waals surface area contributed by atoms with Crippen molar-refractivity contribution in [1.29, 1.82) is 0 Å². The van der Waals surface area contributed by atoms with Gasteiger partial charge in [0.15, 0.2) is 0 Å². The summed E-state index contributed by atoms with van der Waals surface area (Å²) >= 11 is 7.07. The Morgan fingerprint density at radius 2 is 2.15 bits per heavy atom. The monoisotopic (exact) mass is 311 g/mol. The van der Waals surface area contributed by atoms with Gasteiger partial charge in [0.1, 0.15) is 11.9 Å². The molecular formula is C14H14ClNO3S. The van der Waals surface area contributed by atoms with E-state index in [0.717, 1.165) is 5.56 Å². The SMILES string of the molecule is O=C(Cc1cccc(O)c1)NCC(O)c1ccc(Cl)s1. The van der Waals surface area contributed by atoms with Crippen LogP contribution in [-0.2, 0) is 11.2 Å². The van der Waals surface area contributed by atoms with Gasteiger partial charge in [-0.2, -0.15) is 0 Å². The third-order valence-electron chi connectivity index (χ3n) is 2.69. The van der Waals surface area contributed by atoms with Crippen LogP contribution in [0.1, 0.15) is 16.5 Å². The molecule has 0 aliphatic carbocycles. The fourth-order valence-corrected chi connectivity index (χ4v) is 2.78. The van der Waals surface area contributed by atoms with Gasteiger partial charge in [0.05, 0.1) is 10.8 Å². The van der Waals surface area contributed by atoms with Gasteiger partial charge in [0, 0.05) is 11.4 Å². The number of benzene rings is 1. The van der Waals surface area contributed by atoms with E-state index in [2.05, 4.69) is 5.32 Å². The molecule has 2 rings (SSSR count). The van der Waals surface area contributed by atoms with Crippen LogP contribution in [0.5, 0.6) is 5.75 Å². The molecule has 0 radical (unpaired) electrons. The molecule has 3 N–H and O–H groups in total. The van der Waals surface area contributed by atoms with Gasteiger partial charge in [0.25, 0.3) is 0 Å². The van der Waals surface area contributed by atoms with Crippen molar-refractivity contribution >= 4 is 28.8 Å². The first kappa shape index (κ1) is 14.8. The Kier molecular flexibility index (Phi) is 5.00. The molecule has 2 aromatic rings. The quantitative estimate of drug-likeness (QED) is 0.794. The summed E-state index contributed by atoms with van der Waals surface area (Å²) in [6.07, 6.45) is -0.604. The van der Waals surface area contributed by atoms with Crippen molar-refractivity contribution < 1.29 is 15.0 Å². The molecule has 6 heteroatoms. The zero-order valence-corrected chi connectivity index (χ0v) is 12.1. The number of carbonyl (C=O) groups excluding carboxylic acids is 1. The topological polar surface area (TPSA) is 69.6 Å². The Hall–Kier alpha value is -1.56. The van der Waals surface area contributed by atoms with Crippen LogP contribution in [0.15, 0.2) is 36.4 Å². The Bertz CT molecular complexity index is 600. The van der Waals surface area contributed by atoms with Gasteiger partial charge in [-0.15, -0.1) is 11.3 Å². The van der Waals surface area contributed by atoms with Crippen LogP contribution in [0.3, 0.4) is 0 Å². The highest BCUT2D eigenvalue weighted by molar-refractivity contribution is 7.16. The molecular weight excluding hydrogens is 298 g/mol. The number of amides is 1. The molecule has 0 bridgehead atoms. The lowest BCUT2D eigenvalue weighted by molar-refractivity contribution is -0.120. The standard InChI is InChI=1S/C14H14ClNO3S/c15-13-5-4-12(20-13)11(18)8-16-14(19)7-9-2-1-3-10(17)6-9/h1-6,11,17-18H,7-8H2,(H,16,19). The van der Waals surface area contributed by atoms with Crippen molar-refractivity contribution in [2.75, 3.05) is 6.54 Å². The number of rotatable bonds is 5. The molecule has 0 fully saturated rings. The second-order valence-corrected chi connectivity index (χ2v) is 6.06. The predicted octanol–water partition coefficient (Wildman–Crippen LogP) is 2.50. The third-order valence-corrected chi connectivity index (χ3v) is 4.02. The average Bonchev–Trinajstić information content (AvgIpc) is 2.83. The van der Waals surface area contributed by atoms with Crippen LogP contribution in [0.2, 0.25) is 4.34 Å². The molecule has 0 aliphatic heterocycles. The summed E-state index contributed by atoms with van der Waals surface area (Å²) in [7, 11) is 0. The van der Waals surface area contributed by atoms with Crippen molar-refractivity contribution in [2.45, 2.75) is 12.5 Å². The first-order valence-electron chi connectivity index (χ1n) is 6.02. The van der Waals surface area contributed by atoms with Gasteiger partial charge < -0.3 is 15.5 Å². The molecule has 1 unspecified atom stereocenters. The lowest BCUT2D eigenvalue weighted by Gasteiger charge is -2.10. The molecule has 0 spiro atoms. The molecule has 1 aromatic heterocycles. The maximum atomic E-state index is 11.7. The Morgan fingerprint density at radius 3 is 2.80 bits per heavy atom. The van der Waals surface area contributed by atoms with Crippen molar-refractivity contribution in [3.8, 4) is 5.75 Å². The molecule has 1 heterocycles. The number of aliphatic hydroxyl groups excluding tert-OH is 1. The highest BCUT2D eigenvalue weighted by Gasteiger charge is 2.12. The molecule has 1 amide bonds. The fraction of sp³-hybridized carbons (Fsp3) is 0.214. The molecule has 0 saturated heterocycles. The Morgan fingerprint density at radius 1 is 1.35 bits per heavy atom. The number of phenolic OH excluding ortho intramolecular Hbond substituents is 1. The number of aliphatic hydroxyl groups is 1. The first-order valence-corrected chi connectivity index (χ1v) is 7.22.